The first-order valence-corrected chi connectivity index (χ1v) is 5.72. The number of hydrogen-bond acceptors (Lipinski definition) is 6. The number of aliphatic hydroxyl groups is 1. The lowest BCUT2D eigenvalue weighted by molar-refractivity contribution is -0.152. The van der Waals surface area contributed by atoms with E-state index in [0.29, 0.717) is 19.4 Å². The highest BCUT2D eigenvalue weighted by atomic mass is 16.4. The standard InChI is InChI=1S/C6H13N3O3.C4H6O5/c7-4(5(10)11)2-1-3-9-6(8)12;5-2(4(8)9)1-3(6)7/h4H,1-3,7H2,(H,10,11)(H3,8,9,12);2,5H,1H2,(H,6,7)(H,8,9)/t4-;/m1./s1. The first kappa shape index (κ1) is 20.9. The van der Waals surface area contributed by atoms with Gasteiger partial charge in [-0.05, 0) is 12.8 Å². The zero-order valence-corrected chi connectivity index (χ0v) is 11.1. The van der Waals surface area contributed by atoms with Crippen LogP contribution in [0.1, 0.15) is 19.3 Å². The number of rotatable bonds is 8. The second-order valence-corrected chi connectivity index (χ2v) is 3.83. The van der Waals surface area contributed by atoms with Crippen LogP contribution < -0.4 is 16.8 Å². The molecular weight excluding hydrogens is 290 g/mol. The quantitative estimate of drug-likeness (QED) is 0.241. The van der Waals surface area contributed by atoms with E-state index in [9.17, 15) is 19.2 Å². The number of hydrogen-bond donors (Lipinski definition) is 7. The maximum Gasteiger partial charge on any atom is 0.333 e. The van der Waals surface area contributed by atoms with E-state index < -0.39 is 42.5 Å². The lowest BCUT2D eigenvalue weighted by Crippen LogP contribution is -2.33. The second kappa shape index (κ2) is 11.4. The lowest BCUT2D eigenvalue weighted by atomic mass is 10.2. The summed E-state index contributed by atoms with van der Waals surface area (Å²) >= 11 is 0. The van der Waals surface area contributed by atoms with Gasteiger partial charge in [-0.15, -0.1) is 0 Å². The van der Waals surface area contributed by atoms with Crippen LogP contribution in [0.2, 0.25) is 0 Å². The third kappa shape index (κ3) is 15.5. The molecule has 0 aromatic heterocycles. The van der Waals surface area contributed by atoms with Crippen LogP contribution >= 0.6 is 0 Å². The molecule has 0 aliphatic carbocycles. The molecule has 0 spiro atoms. The highest BCUT2D eigenvalue weighted by Crippen LogP contribution is 1.92. The third-order valence-corrected chi connectivity index (χ3v) is 1.96. The van der Waals surface area contributed by atoms with Gasteiger partial charge in [0.15, 0.2) is 6.10 Å². The van der Waals surface area contributed by atoms with E-state index in [1.165, 1.54) is 0 Å². The molecule has 9 N–H and O–H groups in total. The van der Waals surface area contributed by atoms with Crippen LogP contribution in [0.25, 0.3) is 0 Å². The van der Waals surface area contributed by atoms with Crippen LogP contribution in [0.4, 0.5) is 4.79 Å². The van der Waals surface area contributed by atoms with Crippen molar-refractivity contribution in [3.8, 4) is 0 Å². The van der Waals surface area contributed by atoms with E-state index in [-0.39, 0.29) is 0 Å². The first-order valence-electron chi connectivity index (χ1n) is 5.72. The number of carboxylic acids is 3. The number of nitrogens with two attached hydrogens (primary N) is 2. The molecule has 0 aliphatic heterocycles. The number of urea groups is 1. The van der Waals surface area contributed by atoms with Crippen LogP contribution in [0.5, 0.6) is 0 Å². The smallest absolute Gasteiger partial charge is 0.333 e. The van der Waals surface area contributed by atoms with Gasteiger partial charge in [0.05, 0.1) is 6.42 Å². The summed E-state index contributed by atoms with van der Waals surface area (Å²) in [4.78, 5) is 39.7. The number of primary amides is 1. The van der Waals surface area contributed by atoms with Crippen molar-refractivity contribution in [2.75, 3.05) is 6.54 Å². The summed E-state index contributed by atoms with van der Waals surface area (Å²) in [6, 6.07) is -1.47. The molecule has 11 nitrogen and oxygen atoms in total. The largest absolute Gasteiger partial charge is 0.481 e. The normalized spacial score (nSPS) is 12.3. The van der Waals surface area contributed by atoms with E-state index in [0.717, 1.165) is 0 Å². The van der Waals surface area contributed by atoms with Gasteiger partial charge in [0.1, 0.15) is 6.04 Å². The minimum Gasteiger partial charge on any atom is -0.481 e. The Hall–Kier alpha value is -2.40. The third-order valence-electron chi connectivity index (χ3n) is 1.96. The molecule has 122 valence electrons. The average molecular weight is 309 g/mol. The van der Waals surface area contributed by atoms with E-state index >= 15 is 0 Å². The van der Waals surface area contributed by atoms with E-state index in [1.807, 2.05) is 0 Å². The van der Waals surface area contributed by atoms with Crippen LogP contribution in [0.3, 0.4) is 0 Å². The van der Waals surface area contributed by atoms with Crippen molar-refractivity contribution < 1.29 is 39.6 Å². The van der Waals surface area contributed by atoms with Gasteiger partial charge >= 0.3 is 23.9 Å². The van der Waals surface area contributed by atoms with Gasteiger partial charge in [-0.3, -0.25) is 9.59 Å². The summed E-state index contributed by atoms with van der Waals surface area (Å²) in [7, 11) is 0. The van der Waals surface area contributed by atoms with E-state index in [4.69, 9.17) is 31.9 Å². The van der Waals surface area contributed by atoms with E-state index in [2.05, 4.69) is 5.32 Å². The second-order valence-electron chi connectivity index (χ2n) is 3.83. The summed E-state index contributed by atoms with van der Waals surface area (Å²) in [5.74, 6) is -3.88. The van der Waals surface area contributed by atoms with Crippen molar-refractivity contribution >= 4 is 23.9 Å². The molecule has 11 heteroatoms. The monoisotopic (exact) mass is 309 g/mol. The van der Waals surface area contributed by atoms with E-state index in [1.54, 1.807) is 0 Å². The summed E-state index contributed by atoms with van der Waals surface area (Å²) in [5, 5.41) is 34.8. The molecule has 0 aliphatic rings. The Morgan fingerprint density at radius 2 is 1.57 bits per heavy atom. The Labute approximate surface area is 119 Å². The number of nitrogens with one attached hydrogen (secondary N) is 1. The Kier molecular flexibility index (Phi) is 11.4. The number of aliphatic carboxylic acids is 3. The number of carboxylic acid groups (broad SMARTS) is 3. The van der Waals surface area contributed by atoms with Gasteiger partial charge in [-0.2, -0.15) is 0 Å². The molecule has 0 heterocycles. The molecule has 0 radical (unpaired) electrons. The molecule has 0 saturated heterocycles. The maximum atomic E-state index is 10.2. The minimum absolute atomic E-state index is 0.329. The van der Waals surface area contributed by atoms with Crippen molar-refractivity contribution in [1.29, 1.82) is 0 Å². The lowest BCUT2D eigenvalue weighted by Gasteiger charge is -2.05. The van der Waals surface area contributed by atoms with Crippen LogP contribution in [-0.2, 0) is 14.4 Å². The van der Waals surface area contributed by atoms with Crippen molar-refractivity contribution in [3.05, 3.63) is 0 Å². The molecule has 2 atom stereocenters. The fraction of sp³-hybridized carbons (Fsp3) is 0.600. The molecule has 21 heavy (non-hydrogen) atoms. The highest BCUT2D eigenvalue weighted by Gasteiger charge is 2.16. The predicted octanol–water partition coefficient (Wildman–Crippen LogP) is -2.25. The summed E-state index contributed by atoms with van der Waals surface area (Å²) in [6.07, 6.45) is -1.70. The average Bonchev–Trinajstić information content (AvgIpc) is 2.33. The van der Waals surface area contributed by atoms with Crippen LogP contribution in [-0.4, -0.2) is 63.1 Å². The zero-order valence-electron chi connectivity index (χ0n) is 11.1. The molecule has 0 rings (SSSR count). The molecule has 1 unspecified atom stereocenters. The Morgan fingerprint density at radius 3 is 1.86 bits per heavy atom. The van der Waals surface area contributed by atoms with Gasteiger partial charge in [-0.25, -0.2) is 9.59 Å². The molecular formula is C10H19N3O8. The summed E-state index contributed by atoms with van der Waals surface area (Å²) < 4.78 is 0. The van der Waals surface area contributed by atoms with Crippen molar-refractivity contribution in [3.63, 3.8) is 0 Å². The van der Waals surface area contributed by atoms with Crippen molar-refractivity contribution in [2.45, 2.75) is 31.4 Å². The molecule has 0 saturated carbocycles. The zero-order chi connectivity index (χ0) is 17.0. The van der Waals surface area contributed by atoms with Gasteiger partial charge < -0.3 is 37.2 Å². The number of carbonyl (C=O) groups excluding carboxylic acids is 1. The van der Waals surface area contributed by atoms with Crippen LogP contribution in [0.15, 0.2) is 0 Å². The molecule has 0 aromatic rings. The van der Waals surface area contributed by atoms with Crippen molar-refractivity contribution in [1.82, 2.24) is 5.32 Å². The summed E-state index contributed by atoms with van der Waals surface area (Å²) in [6.45, 7) is 0.357. The van der Waals surface area contributed by atoms with Gasteiger partial charge in [0, 0.05) is 6.54 Å². The Balaban J connectivity index is 0. The topological polar surface area (TPSA) is 213 Å². The Morgan fingerprint density at radius 1 is 1.05 bits per heavy atom. The number of aliphatic hydroxyl groups excluding tert-OH is 1. The minimum atomic E-state index is -1.79. The van der Waals surface area contributed by atoms with Gasteiger partial charge in [-0.1, -0.05) is 0 Å². The molecule has 0 fully saturated rings. The first-order chi connectivity index (χ1) is 9.57. The Bertz CT molecular complexity index is 373. The van der Waals surface area contributed by atoms with Gasteiger partial charge in [0.25, 0.3) is 0 Å². The molecule has 0 aromatic carbocycles. The number of amides is 2. The fourth-order valence-electron chi connectivity index (χ4n) is 0.910. The SMILES string of the molecule is NC(=O)NCCC[C@@H](N)C(=O)O.O=C(O)CC(O)C(=O)O. The molecule has 2 amide bonds. The molecule has 0 bridgehead atoms. The van der Waals surface area contributed by atoms with Gasteiger partial charge in [0.2, 0.25) is 0 Å². The maximum absolute atomic E-state index is 10.2. The van der Waals surface area contributed by atoms with Crippen molar-refractivity contribution in [2.24, 2.45) is 11.5 Å². The predicted molar refractivity (Wildman–Crippen MR) is 68.3 cm³/mol. The number of carbonyl (C=O) groups is 4. The fourth-order valence-corrected chi connectivity index (χ4v) is 0.910. The summed E-state index contributed by atoms with van der Waals surface area (Å²) in [5.41, 5.74) is 9.96. The van der Waals surface area contributed by atoms with Crippen LogP contribution in [0, 0.1) is 0 Å². The highest BCUT2D eigenvalue weighted by molar-refractivity contribution is 5.79.